The molecule has 0 aliphatic rings. The first-order valence-corrected chi connectivity index (χ1v) is 7.14. The molecule has 0 saturated heterocycles. The first-order chi connectivity index (χ1) is 9.19. The molecule has 0 bridgehead atoms. The Morgan fingerprint density at radius 1 is 1.58 bits per heavy atom. The molecule has 2 aromatic heterocycles. The third-order valence-corrected chi connectivity index (χ3v) is 3.63. The fraction of sp³-hybridized carbons (Fsp3) is 0.250. The van der Waals surface area contributed by atoms with Crippen molar-refractivity contribution in [1.82, 2.24) is 9.36 Å². The molecule has 0 radical (unpaired) electrons. The van der Waals surface area contributed by atoms with Gasteiger partial charge in [-0.25, -0.2) is 4.98 Å². The molecule has 0 unspecified atom stereocenters. The van der Waals surface area contributed by atoms with Crippen molar-refractivity contribution in [3.63, 3.8) is 0 Å². The number of nitrogens with one attached hydrogen (secondary N) is 1. The van der Waals surface area contributed by atoms with E-state index in [4.69, 9.17) is 5.11 Å². The van der Waals surface area contributed by atoms with Crippen molar-refractivity contribution >= 4 is 33.9 Å². The average Bonchev–Trinajstić information content (AvgIpc) is 2.99. The molecule has 2 N–H and O–H groups in total. The summed E-state index contributed by atoms with van der Waals surface area (Å²) in [5.41, 5.74) is 0.547. The van der Waals surface area contributed by atoms with Crippen LogP contribution in [0.25, 0.3) is 0 Å². The lowest BCUT2D eigenvalue weighted by atomic mass is 10.3. The lowest BCUT2D eigenvalue weighted by molar-refractivity contribution is 0.102. The molecule has 2 aromatic rings. The lowest BCUT2D eigenvalue weighted by Crippen LogP contribution is -2.10. The summed E-state index contributed by atoms with van der Waals surface area (Å²) in [7, 11) is 0. The molecule has 5 nitrogen and oxygen atoms in total. The van der Waals surface area contributed by atoms with Crippen LogP contribution in [0.5, 0.6) is 0 Å². The highest BCUT2D eigenvalue weighted by Crippen LogP contribution is 2.16. The molecule has 19 heavy (non-hydrogen) atoms. The number of aromatic nitrogens is 2. The number of anilines is 1. The van der Waals surface area contributed by atoms with E-state index in [-0.39, 0.29) is 12.5 Å². The van der Waals surface area contributed by atoms with Crippen LogP contribution in [0.3, 0.4) is 0 Å². The molecule has 7 heteroatoms. The molecular weight excluding hydrogens is 282 g/mol. The molecule has 0 atom stereocenters. The zero-order valence-corrected chi connectivity index (χ0v) is 11.8. The molecule has 0 aromatic carbocycles. The van der Waals surface area contributed by atoms with E-state index in [0.717, 1.165) is 16.4 Å². The monoisotopic (exact) mass is 293 g/mol. The third kappa shape index (κ3) is 3.86. The van der Waals surface area contributed by atoms with Crippen molar-refractivity contribution < 1.29 is 9.90 Å². The molecule has 0 aliphatic heterocycles. The molecule has 98 valence electrons. The maximum Gasteiger partial charge on any atom is 0.258 e. The molecule has 2 rings (SSSR count). The van der Waals surface area contributed by atoms with Gasteiger partial charge in [-0.15, -0.1) is 11.3 Å². The Morgan fingerprint density at radius 3 is 3.11 bits per heavy atom. The Kier molecular flexibility index (Phi) is 4.63. The summed E-state index contributed by atoms with van der Waals surface area (Å²) in [5, 5.41) is 13.5. The molecule has 0 spiro atoms. The van der Waals surface area contributed by atoms with E-state index < -0.39 is 0 Å². The van der Waals surface area contributed by atoms with Gasteiger partial charge in [0.05, 0.1) is 17.0 Å². The summed E-state index contributed by atoms with van der Waals surface area (Å²) in [5.74, 6) is 6.13. The largest absolute Gasteiger partial charge is 0.395 e. The second-order valence-corrected chi connectivity index (χ2v) is 5.24. The van der Waals surface area contributed by atoms with Gasteiger partial charge < -0.3 is 5.11 Å². The number of aliphatic hydroxyl groups is 1. The van der Waals surface area contributed by atoms with Crippen LogP contribution in [-0.2, 0) is 0 Å². The minimum atomic E-state index is -0.220. The standard InChI is InChI=1S/C12H11N3O2S2/c1-8-13-12(19-15-8)14-11(17)9-6-10(18-7-9)4-2-3-5-16/h6-7,16H,3,5H2,1H3,(H,13,14,15,17). The summed E-state index contributed by atoms with van der Waals surface area (Å²) >= 11 is 2.55. The molecular formula is C12H11N3O2S2. The maximum atomic E-state index is 11.9. The van der Waals surface area contributed by atoms with Crippen molar-refractivity contribution in [1.29, 1.82) is 0 Å². The van der Waals surface area contributed by atoms with E-state index in [1.54, 1.807) is 18.4 Å². The molecule has 2 heterocycles. The maximum absolute atomic E-state index is 11.9. The summed E-state index contributed by atoms with van der Waals surface area (Å²) in [6.07, 6.45) is 0.434. The predicted molar refractivity (Wildman–Crippen MR) is 75.5 cm³/mol. The van der Waals surface area contributed by atoms with Gasteiger partial charge in [0.1, 0.15) is 5.82 Å². The summed E-state index contributed by atoms with van der Waals surface area (Å²) in [4.78, 5) is 16.8. The molecule has 1 amide bonds. The molecule has 0 aliphatic carbocycles. The van der Waals surface area contributed by atoms with Gasteiger partial charge in [-0.05, 0) is 13.0 Å². The first kappa shape index (κ1) is 13.7. The van der Waals surface area contributed by atoms with Gasteiger partial charge in [-0.2, -0.15) is 4.37 Å². The fourth-order valence-corrected chi connectivity index (χ4v) is 2.57. The second kappa shape index (κ2) is 6.43. The Bertz CT molecular complexity index is 637. The third-order valence-electron chi connectivity index (χ3n) is 2.06. The van der Waals surface area contributed by atoms with Gasteiger partial charge in [-0.3, -0.25) is 10.1 Å². The van der Waals surface area contributed by atoms with Crippen molar-refractivity contribution in [2.24, 2.45) is 0 Å². The highest BCUT2D eigenvalue weighted by atomic mass is 32.1. The number of carbonyl (C=O) groups excluding carboxylic acids is 1. The SMILES string of the molecule is Cc1nsc(NC(=O)c2csc(C#CCCO)c2)n1. The summed E-state index contributed by atoms with van der Waals surface area (Å²) in [6, 6.07) is 1.72. The van der Waals surface area contributed by atoms with Crippen LogP contribution in [0.15, 0.2) is 11.4 Å². The summed E-state index contributed by atoms with van der Waals surface area (Å²) < 4.78 is 3.99. The Hall–Kier alpha value is -1.75. The van der Waals surface area contributed by atoms with Crippen molar-refractivity contribution in [2.45, 2.75) is 13.3 Å². The van der Waals surface area contributed by atoms with Gasteiger partial charge in [0, 0.05) is 23.3 Å². The number of hydrogen-bond donors (Lipinski definition) is 2. The van der Waals surface area contributed by atoms with Crippen LogP contribution >= 0.6 is 22.9 Å². The van der Waals surface area contributed by atoms with Gasteiger partial charge >= 0.3 is 0 Å². The Morgan fingerprint density at radius 2 is 2.42 bits per heavy atom. The Balaban J connectivity index is 2.02. The van der Waals surface area contributed by atoms with E-state index >= 15 is 0 Å². The number of hydrogen-bond acceptors (Lipinski definition) is 6. The number of rotatable bonds is 3. The Labute approximate surface area is 118 Å². The highest BCUT2D eigenvalue weighted by molar-refractivity contribution is 7.11. The van der Waals surface area contributed by atoms with Gasteiger partial charge in [0.2, 0.25) is 5.13 Å². The van der Waals surface area contributed by atoms with Crippen molar-refractivity contribution in [3.05, 3.63) is 27.7 Å². The number of amides is 1. The first-order valence-electron chi connectivity index (χ1n) is 5.49. The molecule has 0 saturated carbocycles. The lowest BCUT2D eigenvalue weighted by Gasteiger charge is -1.96. The van der Waals surface area contributed by atoms with Gasteiger partial charge in [-0.1, -0.05) is 11.8 Å². The smallest absolute Gasteiger partial charge is 0.258 e. The van der Waals surface area contributed by atoms with E-state index in [9.17, 15) is 4.79 Å². The van der Waals surface area contributed by atoms with E-state index in [1.165, 1.54) is 11.3 Å². The minimum absolute atomic E-state index is 0.0438. The summed E-state index contributed by atoms with van der Waals surface area (Å²) in [6.45, 7) is 1.81. The predicted octanol–water partition coefficient (Wildman–Crippen LogP) is 1.89. The van der Waals surface area contributed by atoms with Gasteiger partial charge in [0.15, 0.2) is 0 Å². The van der Waals surface area contributed by atoms with Gasteiger partial charge in [0.25, 0.3) is 5.91 Å². The average molecular weight is 293 g/mol. The zero-order chi connectivity index (χ0) is 13.7. The van der Waals surface area contributed by atoms with Crippen LogP contribution in [-0.4, -0.2) is 27.0 Å². The number of aliphatic hydroxyl groups excluding tert-OH is 1. The number of nitrogens with zero attached hydrogens (tertiary/aromatic N) is 2. The van der Waals surface area contributed by atoms with E-state index in [1.807, 2.05) is 0 Å². The van der Waals surface area contributed by atoms with Crippen LogP contribution in [0.1, 0.15) is 27.5 Å². The normalized spacial score (nSPS) is 9.79. The quantitative estimate of drug-likeness (QED) is 0.848. The minimum Gasteiger partial charge on any atom is -0.395 e. The van der Waals surface area contributed by atoms with E-state index in [0.29, 0.717) is 22.9 Å². The number of aryl methyl sites for hydroxylation is 1. The van der Waals surface area contributed by atoms with Crippen LogP contribution in [0.2, 0.25) is 0 Å². The van der Waals surface area contributed by atoms with Crippen molar-refractivity contribution in [3.8, 4) is 11.8 Å². The zero-order valence-electron chi connectivity index (χ0n) is 10.1. The second-order valence-electron chi connectivity index (χ2n) is 3.58. The number of thiophene rings is 1. The van der Waals surface area contributed by atoms with E-state index in [2.05, 4.69) is 26.5 Å². The fourth-order valence-electron chi connectivity index (χ4n) is 1.24. The van der Waals surface area contributed by atoms with Crippen molar-refractivity contribution in [2.75, 3.05) is 11.9 Å². The molecule has 0 fully saturated rings. The van der Waals surface area contributed by atoms with Crippen LogP contribution < -0.4 is 5.32 Å². The number of carbonyl (C=O) groups is 1. The highest BCUT2D eigenvalue weighted by Gasteiger charge is 2.10. The topological polar surface area (TPSA) is 75.1 Å². The van der Waals surface area contributed by atoms with Crippen LogP contribution in [0, 0.1) is 18.8 Å². The van der Waals surface area contributed by atoms with Crippen LogP contribution in [0.4, 0.5) is 5.13 Å².